The second kappa shape index (κ2) is 12.0. The topological polar surface area (TPSA) is 97.4 Å². The van der Waals surface area contributed by atoms with Crippen molar-refractivity contribution in [3.05, 3.63) is 95.6 Å². The van der Waals surface area contributed by atoms with Gasteiger partial charge in [0.15, 0.2) is 0 Å². The van der Waals surface area contributed by atoms with Crippen LogP contribution in [0.4, 0.5) is 0 Å². The summed E-state index contributed by atoms with van der Waals surface area (Å²) >= 11 is 0. The number of hydrogen-bond acceptors (Lipinski definition) is 6. The summed E-state index contributed by atoms with van der Waals surface area (Å²) < 4.78 is 16.8. The van der Waals surface area contributed by atoms with Gasteiger partial charge < -0.3 is 24.4 Å². The summed E-state index contributed by atoms with van der Waals surface area (Å²) in [5, 5.41) is 3.06. The first-order chi connectivity index (χ1) is 19.8. The van der Waals surface area contributed by atoms with Crippen LogP contribution in [0.2, 0.25) is 0 Å². The van der Waals surface area contributed by atoms with Crippen LogP contribution in [0.3, 0.4) is 0 Å². The van der Waals surface area contributed by atoms with E-state index >= 15 is 0 Å². The monoisotopic (exact) mass is 557 g/mol. The van der Waals surface area contributed by atoms with Crippen LogP contribution < -0.4 is 14.8 Å². The van der Waals surface area contributed by atoms with E-state index in [1.54, 1.807) is 72.6 Å². The fraction of sp³-hybridized carbons (Fsp3) is 0.344. The third kappa shape index (κ3) is 5.76. The second-order valence-electron chi connectivity index (χ2n) is 10.3. The maximum Gasteiger partial charge on any atom is 0.256 e. The molecular weight excluding hydrogens is 522 g/mol. The molecule has 0 aromatic heterocycles. The van der Waals surface area contributed by atoms with Gasteiger partial charge in [0.05, 0.1) is 26.9 Å². The van der Waals surface area contributed by atoms with E-state index in [2.05, 4.69) is 5.32 Å². The van der Waals surface area contributed by atoms with Crippen molar-refractivity contribution in [2.45, 2.75) is 37.6 Å². The summed E-state index contributed by atoms with van der Waals surface area (Å²) in [6, 6.07) is 22.4. The van der Waals surface area contributed by atoms with Crippen LogP contribution in [-0.4, -0.2) is 73.2 Å². The maximum absolute atomic E-state index is 14.0. The number of rotatable bonds is 7. The molecule has 0 radical (unpaired) electrons. The lowest BCUT2D eigenvalue weighted by Crippen LogP contribution is -2.60. The van der Waals surface area contributed by atoms with Crippen molar-refractivity contribution in [1.29, 1.82) is 0 Å². The molecule has 0 aliphatic carbocycles. The molecule has 0 saturated carbocycles. The van der Waals surface area contributed by atoms with Gasteiger partial charge in [-0.1, -0.05) is 30.3 Å². The van der Waals surface area contributed by atoms with E-state index in [1.165, 1.54) is 0 Å². The van der Waals surface area contributed by atoms with E-state index in [4.69, 9.17) is 14.2 Å². The van der Waals surface area contributed by atoms with Crippen molar-refractivity contribution in [1.82, 2.24) is 15.1 Å². The van der Waals surface area contributed by atoms with E-state index < -0.39 is 11.8 Å². The van der Waals surface area contributed by atoms with Gasteiger partial charge >= 0.3 is 0 Å². The maximum atomic E-state index is 14.0. The highest BCUT2D eigenvalue weighted by Gasteiger charge is 2.54. The Balaban J connectivity index is 1.37. The fourth-order valence-electron chi connectivity index (χ4n) is 5.55. The Bertz CT molecular complexity index is 1370. The minimum Gasteiger partial charge on any atom is -0.497 e. The van der Waals surface area contributed by atoms with Gasteiger partial charge in [-0.05, 0) is 61.0 Å². The first kappa shape index (κ1) is 28.2. The minimum absolute atomic E-state index is 0.0711. The van der Waals surface area contributed by atoms with Crippen LogP contribution in [0.25, 0.3) is 0 Å². The summed E-state index contributed by atoms with van der Waals surface area (Å²) in [7, 11) is 3.15. The minimum atomic E-state index is -1.01. The molecule has 2 atom stereocenters. The zero-order chi connectivity index (χ0) is 29.0. The summed E-state index contributed by atoms with van der Waals surface area (Å²) in [5.74, 6) is 0.631. The molecule has 3 aromatic rings. The normalized spacial score (nSPS) is 18.6. The number of likely N-dealkylation sites (tertiary alicyclic amines) is 1. The molecule has 0 bridgehead atoms. The third-order valence-corrected chi connectivity index (χ3v) is 7.95. The van der Waals surface area contributed by atoms with Gasteiger partial charge in [-0.25, -0.2) is 0 Å². The second-order valence-corrected chi connectivity index (χ2v) is 10.3. The molecule has 41 heavy (non-hydrogen) atoms. The van der Waals surface area contributed by atoms with Gasteiger partial charge in [-0.15, -0.1) is 0 Å². The summed E-state index contributed by atoms with van der Waals surface area (Å²) in [6.45, 7) is 2.75. The van der Waals surface area contributed by atoms with Crippen LogP contribution in [-0.2, 0) is 9.53 Å². The molecule has 2 aliphatic heterocycles. The quantitative estimate of drug-likeness (QED) is 0.471. The predicted molar refractivity (Wildman–Crippen MR) is 153 cm³/mol. The van der Waals surface area contributed by atoms with Crippen LogP contribution in [0.1, 0.15) is 52.1 Å². The van der Waals surface area contributed by atoms with Crippen LogP contribution >= 0.6 is 0 Å². The molecule has 5 rings (SSSR count). The molecule has 2 saturated heterocycles. The Morgan fingerprint density at radius 3 is 1.90 bits per heavy atom. The Morgan fingerprint density at radius 1 is 0.829 bits per heavy atom. The van der Waals surface area contributed by atoms with Gasteiger partial charge in [-0.3, -0.25) is 19.3 Å². The van der Waals surface area contributed by atoms with E-state index in [0.717, 1.165) is 5.56 Å². The number of nitrogens with zero attached hydrogens (tertiary/aromatic N) is 2. The highest BCUT2D eigenvalue weighted by molar-refractivity contribution is 5.99. The Morgan fingerprint density at radius 2 is 1.37 bits per heavy atom. The third-order valence-electron chi connectivity index (χ3n) is 7.95. The van der Waals surface area contributed by atoms with E-state index in [0.29, 0.717) is 48.6 Å². The number of carbonyl (C=O) groups excluding carboxylic acids is 3. The number of piperidine rings is 1. The molecular formula is C32H35N3O6. The average Bonchev–Trinajstić information content (AvgIpc) is 3.39. The highest BCUT2D eigenvalue weighted by atomic mass is 16.5. The van der Waals surface area contributed by atoms with Gasteiger partial charge in [-0.2, -0.15) is 0 Å². The van der Waals surface area contributed by atoms with E-state index in [9.17, 15) is 14.4 Å². The van der Waals surface area contributed by atoms with Crippen molar-refractivity contribution in [2.75, 3.05) is 33.9 Å². The Hall–Kier alpha value is -4.37. The van der Waals surface area contributed by atoms with Crippen molar-refractivity contribution in [2.24, 2.45) is 0 Å². The van der Waals surface area contributed by atoms with Crippen molar-refractivity contribution in [3.8, 4) is 11.5 Å². The molecule has 9 nitrogen and oxygen atoms in total. The van der Waals surface area contributed by atoms with Gasteiger partial charge in [0.1, 0.15) is 23.3 Å². The molecule has 3 aromatic carbocycles. The number of carbonyl (C=O) groups is 3. The molecule has 2 aliphatic rings. The van der Waals surface area contributed by atoms with Crippen molar-refractivity contribution < 1.29 is 28.6 Å². The molecule has 3 amide bonds. The molecule has 2 heterocycles. The number of amides is 3. The molecule has 0 unspecified atom stereocenters. The van der Waals surface area contributed by atoms with Crippen molar-refractivity contribution in [3.63, 3.8) is 0 Å². The SMILES string of the molecule is COc1ccc(C(=O)N2CCC3(CC2)OC[C@H](C(=O)N[C@H](C)c2ccccc2)N3C(=O)c2ccc(OC)cc2)cc1. The largest absolute Gasteiger partial charge is 0.497 e. The number of methoxy groups -OCH3 is 2. The summed E-state index contributed by atoms with van der Waals surface area (Å²) in [6.07, 6.45) is 0.767. The molecule has 9 heteroatoms. The zero-order valence-corrected chi connectivity index (χ0v) is 23.5. The van der Waals surface area contributed by atoms with Gasteiger partial charge in [0.2, 0.25) is 5.91 Å². The first-order valence-electron chi connectivity index (χ1n) is 13.8. The van der Waals surface area contributed by atoms with Crippen LogP contribution in [0.15, 0.2) is 78.9 Å². The molecule has 1 spiro atoms. The van der Waals surface area contributed by atoms with Gasteiger partial charge in [0, 0.05) is 37.1 Å². The van der Waals surface area contributed by atoms with E-state index in [-0.39, 0.29) is 30.4 Å². The zero-order valence-electron chi connectivity index (χ0n) is 23.5. The lowest BCUT2D eigenvalue weighted by Gasteiger charge is -2.44. The number of hydrogen-bond donors (Lipinski definition) is 1. The summed E-state index contributed by atoms with van der Waals surface area (Å²) in [4.78, 5) is 44.2. The average molecular weight is 558 g/mol. The van der Waals surface area contributed by atoms with E-state index in [1.807, 2.05) is 37.3 Å². The van der Waals surface area contributed by atoms with Crippen molar-refractivity contribution >= 4 is 17.7 Å². The molecule has 214 valence electrons. The lowest BCUT2D eigenvalue weighted by atomic mass is 9.96. The smallest absolute Gasteiger partial charge is 0.256 e. The fourth-order valence-corrected chi connectivity index (χ4v) is 5.55. The standard InChI is InChI=1S/C32H35N3O6/c1-22(23-7-5-4-6-8-23)33-29(36)28-21-41-32(35(28)31(38)25-11-15-27(40-3)16-12-25)17-19-34(20-18-32)30(37)24-9-13-26(39-2)14-10-24/h4-16,22,28H,17-21H2,1-3H3,(H,33,36)/t22-,28-/m1/s1. The highest BCUT2D eigenvalue weighted by Crippen LogP contribution is 2.39. The number of benzene rings is 3. The number of nitrogens with one attached hydrogen (secondary N) is 1. The van der Waals surface area contributed by atoms with Gasteiger partial charge in [0.25, 0.3) is 11.8 Å². The predicted octanol–water partition coefficient (Wildman–Crippen LogP) is 4.05. The Kier molecular flexibility index (Phi) is 8.26. The summed E-state index contributed by atoms with van der Waals surface area (Å²) in [5.41, 5.74) is 0.952. The first-order valence-corrected chi connectivity index (χ1v) is 13.8. The Labute approximate surface area is 240 Å². The van der Waals surface area contributed by atoms with Crippen LogP contribution in [0.5, 0.6) is 11.5 Å². The van der Waals surface area contributed by atoms with Crippen LogP contribution in [0, 0.1) is 0 Å². The molecule has 2 fully saturated rings. The molecule has 1 N–H and O–H groups in total. The lowest BCUT2D eigenvalue weighted by molar-refractivity contribution is -0.128. The number of ether oxygens (including phenoxy) is 3.